The molecule has 1 amide bonds. The van der Waals surface area contributed by atoms with Crippen molar-refractivity contribution in [2.45, 2.75) is 22.2 Å². The van der Waals surface area contributed by atoms with Gasteiger partial charge >= 0.3 is 5.51 Å². The largest absolute Gasteiger partial charge is 0.501 e. The molecule has 0 saturated carbocycles. The lowest BCUT2D eigenvalue weighted by atomic mass is 10.1. The fourth-order valence-electron chi connectivity index (χ4n) is 3.05. The maximum Gasteiger partial charge on any atom is 0.501 e. The maximum absolute atomic E-state index is 13.2. The van der Waals surface area contributed by atoms with Gasteiger partial charge in [-0.3, -0.25) is 9.52 Å². The van der Waals surface area contributed by atoms with Crippen LogP contribution in [-0.4, -0.2) is 34.8 Å². The Bertz CT molecular complexity index is 1490. The first kappa shape index (κ1) is 26.9. The normalized spacial score (nSPS) is 12.1. The number of amides is 1. The highest BCUT2D eigenvalue weighted by Crippen LogP contribution is 2.34. The zero-order valence-electron chi connectivity index (χ0n) is 18.4. The first-order valence-electron chi connectivity index (χ1n) is 10.1. The number of sulfone groups is 1. The Labute approximate surface area is 204 Å². The van der Waals surface area contributed by atoms with Crippen LogP contribution in [-0.2, 0) is 19.9 Å². The Morgan fingerprint density at radius 1 is 0.833 bits per heavy atom. The molecule has 0 radical (unpaired) electrons. The van der Waals surface area contributed by atoms with Crippen LogP contribution in [0, 0.1) is 5.82 Å². The molecule has 0 heterocycles. The minimum atomic E-state index is -5.69. The summed E-state index contributed by atoms with van der Waals surface area (Å²) in [6, 6.07) is 11.8. The average Bonchev–Trinajstić information content (AvgIpc) is 2.80. The van der Waals surface area contributed by atoms with Crippen molar-refractivity contribution in [3.8, 4) is 0 Å². The number of benzene rings is 3. The Hall–Kier alpha value is -3.65. The van der Waals surface area contributed by atoms with Crippen molar-refractivity contribution in [3.05, 3.63) is 78.1 Å². The van der Waals surface area contributed by atoms with Gasteiger partial charge in [-0.1, -0.05) is 12.1 Å². The Kier molecular flexibility index (Phi) is 7.59. The second-order valence-corrected chi connectivity index (χ2v) is 10.9. The number of para-hydroxylation sites is 1. The lowest BCUT2D eigenvalue weighted by Crippen LogP contribution is -2.24. The first-order valence-corrected chi connectivity index (χ1v) is 13.1. The van der Waals surface area contributed by atoms with E-state index < -0.39 is 42.0 Å². The summed E-state index contributed by atoms with van der Waals surface area (Å²) in [6.07, 6.45) is 0. The lowest BCUT2D eigenvalue weighted by Gasteiger charge is -2.16. The second-order valence-electron chi connectivity index (χ2n) is 7.25. The molecule has 14 heteroatoms. The number of rotatable bonds is 8. The molecule has 0 aromatic heterocycles. The molecule has 3 rings (SSSR count). The Morgan fingerprint density at radius 3 is 2.06 bits per heavy atom. The molecule has 36 heavy (non-hydrogen) atoms. The summed E-state index contributed by atoms with van der Waals surface area (Å²) < 4.78 is 103. The number of hydrogen-bond acceptors (Lipinski definition) is 6. The van der Waals surface area contributed by atoms with E-state index in [-0.39, 0.29) is 27.5 Å². The van der Waals surface area contributed by atoms with Gasteiger partial charge in [0.1, 0.15) is 5.82 Å². The summed E-state index contributed by atoms with van der Waals surface area (Å²) in [7, 11) is -9.93. The van der Waals surface area contributed by atoms with Crippen LogP contribution < -0.4 is 15.4 Å². The third-order valence-electron chi connectivity index (χ3n) is 4.76. The quantitative estimate of drug-likeness (QED) is 0.356. The number of halogens is 4. The fraction of sp³-hybridized carbons (Fsp3) is 0.136. The lowest BCUT2D eigenvalue weighted by molar-refractivity contribution is -0.0436. The molecule has 0 aliphatic heterocycles. The Morgan fingerprint density at radius 2 is 1.44 bits per heavy atom. The monoisotopic (exact) mass is 545 g/mol. The van der Waals surface area contributed by atoms with E-state index in [1.165, 1.54) is 24.3 Å². The van der Waals surface area contributed by atoms with Gasteiger partial charge in [-0.15, -0.1) is 0 Å². The first-order chi connectivity index (χ1) is 16.8. The van der Waals surface area contributed by atoms with Crippen molar-refractivity contribution in [3.63, 3.8) is 0 Å². The van der Waals surface area contributed by atoms with Crippen molar-refractivity contribution in [2.75, 3.05) is 21.9 Å². The van der Waals surface area contributed by atoms with E-state index in [0.717, 1.165) is 36.4 Å². The van der Waals surface area contributed by atoms with Crippen LogP contribution in [0.2, 0.25) is 0 Å². The number of hydrogen-bond donors (Lipinski definition) is 3. The predicted octanol–water partition coefficient (Wildman–Crippen LogP) is 4.60. The topological polar surface area (TPSA) is 121 Å². The van der Waals surface area contributed by atoms with Crippen molar-refractivity contribution >= 4 is 42.8 Å². The molecule has 0 aliphatic carbocycles. The van der Waals surface area contributed by atoms with Gasteiger partial charge in [0.05, 0.1) is 32.4 Å². The average molecular weight is 546 g/mol. The smallest absolute Gasteiger partial charge is 0.384 e. The van der Waals surface area contributed by atoms with E-state index in [0.29, 0.717) is 12.6 Å². The van der Waals surface area contributed by atoms with Gasteiger partial charge in [-0.05, 0) is 61.5 Å². The van der Waals surface area contributed by atoms with Crippen LogP contribution in [0.1, 0.15) is 17.3 Å². The van der Waals surface area contributed by atoms with Gasteiger partial charge in [-0.2, -0.15) is 13.2 Å². The summed E-state index contributed by atoms with van der Waals surface area (Å²) in [6.45, 7) is 1.97. The zero-order valence-corrected chi connectivity index (χ0v) is 20.1. The van der Waals surface area contributed by atoms with Crippen LogP contribution in [0.5, 0.6) is 0 Å². The second kappa shape index (κ2) is 10.1. The molecular weight excluding hydrogens is 526 g/mol. The van der Waals surface area contributed by atoms with E-state index in [2.05, 4.69) is 15.4 Å². The number of carbonyl (C=O) groups excluding carboxylic acids is 1. The minimum Gasteiger partial charge on any atom is -0.384 e. The number of sulfonamides is 1. The highest BCUT2D eigenvalue weighted by Gasteiger charge is 2.47. The third kappa shape index (κ3) is 5.76. The Balaban J connectivity index is 1.98. The molecule has 3 N–H and O–H groups in total. The van der Waals surface area contributed by atoms with E-state index in [9.17, 15) is 39.2 Å². The van der Waals surface area contributed by atoms with Gasteiger partial charge in [0, 0.05) is 6.54 Å². The molecule has 0 unspecified atom stereocenters. The van der Waals surface area contributed by atoms with Crippen molar-refractivity contribution < 1.29 is 39.2 Å². The molecule has 0 spiro atoms. The molecular formula is C22H19F4N3O5S2. The minimum absolute atomic E-state index is 0.136. The molecule has 3 aromatic rings. The van der Waals surface area contributed by atoms with E-state index in [1.807, 2.05) is 0 Å². The van der Waals surface area contributed by atoms with E-state index in [4.69, 9.17) is 0 Å². The van der Waals surface area contributed by atoms with Gasteiger partial charge in [0.2, 0.25) is 0 Å². The van der Waals surface area contributed by atoms with Crippen LogP contribution >= 0.6 is 0 Å². The molecule has 192 valence electrons. The summed E-state index contributed by atoms with van der Waals surface area (Å²) in [4.78, 5) is 11.7. The molecule has 0 saturated heterocycles. The van der Waals surface area contributed by atoms with Crippen LogP contribution in [0.15, 0.2) is 76.5 Å². The molecule has 0 fully saturated rings. The number of alkyl halides is 3. The standard InChI is InChI=1S/C22H19F4N3O5S2/c1-2-27-19-12-11-16(35(31,32)22(24,25)26)13-20(19)28-21(30)17-5-3-4-6-18(17)29-36(33,34)15-9-7-14(23)8-10-15/h3-13,27,29H,2H2,1H3,(H,28,30). The molecule has 3 aromatic carbocycles. The highest BCUT2D eigenvalue weighted by molar-refractivity contribution is 7.92. The molecule has 0 bridgehead atoms. The summed E-state index contributed by atoms with van der Waals surface area (Å²) in [5.41, 5.74) is -6.09. The van der Waals surface area contributed by atoms with E-state index in [1.54, 1.807) is 6.92 Å². The fourth-order valence-corrected chi connectivity index (χ4v) is 4.92. The summed E-state index contributed by atoms with van der Waals surface area (Å²) in [5.74, 6) is -1.59. The number of anilines is 3. The molecule has 0 aliphatic rings. The highest BCUT2D eigenvalue weighted by atomic mass is 32.2. The summed E-state index contributed by atoms with van der Waals surface area (Å²) >= 11 is 0. The van der Waals surface area contributed by atoms with Gasteiger partial charge in [-0.25, -0.2) is 21.2 Å². The van der Waals surface area contributed by atoms with E-state index >= 15 is 0 Å². The molecule has 8 nitrogen and oxygen atoms in total. The van der Waals surface area contributed by atoms with Crippen LogP contribution in [0.3, 0.4) is 0 Å². The van der Waals surface area contributed by atoms with Crippen molar-refractivity contribution in [1.29, 1.82) is 0 Å². The molecule has 0 atom stereocenters. The van der Waals surface area contributed by atoms with Gasteiger partial charge in [0.15, 0.2) is 0 Å². The van der Waals surface area contributed by atoms with Crippen LogP contribution in [0.25, 0.3) is 0 Å². The zero-order chi connectivity index (χ0) is 26.7. The van der Waals surface area contributed by atoms with Gasteiger partial charge < -0.3 is 10.6 Å². The van der Waals surface area contributed by atoms with Crippen LogP contribution in [0.4, 0.5) is 34.6 Å². The number of nitrogens with one attached hydrogen (secondary N) is 3. The predicted molar refractivity (Wildman–Crippen MR) is 125 cm³/mol. The van der Waals surface area contributed by atoms with Crippen molar-refractivity contribution in [2.24, 2.45) is 0 Å². The summed E-state index contributed by atoms with van der Waals surface area (Å²) in [5, 5.41) is 5.13. The van der Waals surface area contributed by atoms with Crippen molar-refractivity contribution in [1.82, 2.24) is 0 Å². The maximum atomic E-state index is 13.2. The SMILES string of the molecule is CCNc1ccc(S(=O)(=O)C(F)(F)F)cc1NC(=O)c1ccccc1NS(=O)(=O)c1ccc(F)cc1. The number of carbonyl (C=O) groups is 1. The third-order valence-corrected chi connectivity index (χ3v) is 7.63. The van der Waals surface area contributed by atoms with Gasteiger partial charge in [0.25, 0.3) is 25.8 Å².